The van der Waals surface area contributed by atoms with Crippen molar-refractivity contribution < 1.29 is 32.2 Å². The molecule has 2 heterocycles. The monoisotopic (exact) mass is 472 g/mol. The molecule has 0 saturated heterocycles. The standard InChI is InChI=1S/C23H19F3N4O4/c1-33-12-16-19-15-9-14(34-11-13-5-3-2-4-6-13)7-8-17(15)28-18(19)10-27-20(16)21(31)29-30-22(32)23(24,25)26/h2-10,28H,11-12H2,1H3,(H,29,31)(H,30,32). The summed E-state index contributed by atoms with van der Waals surface area (Å²) < 4.78 is 48.4. The molecule has 0 fully saturated rings. The number of aromatic nitrogens is 2. The summed E-state index contributed by atoms with van der Waals surface area (Å²) >= 11 is 0. The van der Waals surface area contributed by atoms with Crippen LogP contribution in [-0.2, 0) is 22.7 Å². The summed E-state index contributed by atoms with van der Waals surface area (Å²) in [5.41, 5.74) is 5.56. The van der Waals surface area contributed by atoms with Crippen LogP contribution in [0.3, 0.4) is 0 Å². The summed E-state index contributed by atoms with van der Waals surface area (Å²) in [6.07, 6.45) is -3.76. The van der Waals surface area contributed by atoms with Crippen LogP contribution in [-0.4, -0.2) is 35.1 Å². The fourth-order valence-corrected chi connectivity index (χ4v) is 3.49. The molecule has 2 amide bonds. The molecule has 0 atom stereocenters. The number of carbonyl (C=O) groups is 2. The molecule has 11 heteroatoms. The maximum atomic E-state index is 12.6. The first kappa shape index (κ1) is 23.1. The van der Waals surface area contributed by atoms with E-state index in [4.69, 9.17) is 9.47 Å². The second-order valence-electron chi connectivity index (χ2n) is 7.32. The number of nitrogens with zero attached hydrogens (tertiary/aromatic N) is 1. The highest BCUT2D eigenvalue weighted by Gasteiger charge is 2.39. The van der Waals surface area contributed by atoms with Gasteiger partial charge in [-0.3, -0.25) is 20.4 Å². The number of hydrogen-bond donors (Lipinski definition) is 3. The SMILES string of the molecule is COCc1c(C(=O)NNC(=O)C(F)(F)F)ncc2[nH]c3ccc(OCc4ccccc4)cc3c12. The van der Waals surface area contributed by atoms with Crippen molar-refractivity contribution in [2.24, 2.45) is 0 Å². The van der Waals surface area contributed by atoms with Crippen LogP contribution in [0.2, 0.25) is 0 Å². The number of benzene rings is 2. The second kappa shape index (κ2) is 9.40. The first-order valence-corrected chi connectivity index (χ1v) is 10.0. The van der Waals surface area contributed by atoms with E-state index in [0.29, 0.717) is 34.2 Å². The highest BCUT2D eigenvalue weighted by atomic mass is 19.4. The summed E-state index contributed by atoms with van der Waals surface area (Å²) in [4.78, 5) is 30.9. The van der Waals surface area contributed by atoms with Crippen LogP contribution in [0, 0.1) is 0 Å². The number of alkyl halides is 3. The van der Waals surface area contributed by atoms with Crippen LogP contribution in [0.5, 0.6) is 5.75 Å². The number of carbonyl (C=O) groups excluding carboxylic acids is 2. The molecule has 4 aromatic rings. The molecule has 176 valence electrons. The van der Waals surface area contributed by atoms with Gasteiger partial charge in [-0.2, -0.15) is 13.2 Å². The molecule has 3 N–H and O–H groups in total. The van der Waals surface area contributed by atoms with Gasteiger partial charge < -0.3 is 14.5 Å². The van der Waals surface area contributed by atoms with Gasteiger partial charge in [0, 0.05) is 29.0 Å². The van der Waals surface area contributed by atoms with Crippen LogP contribution in [0.15, 0.2) is 54.7 Å². The number of pyridine rings is 1. The number of H-pyrrole nitrogens is 1. The van der Waals surface area contributed by atoms with E-state index < -0.39 is 18.0 Å². The smallest absolute Gasteiger partial charge is 0.472 e. The normalized spacial score (nSPS) is 11.5. The number of nitrogens with one attached hydrogen (secondary N) is 3. The number of halogens is 3. The van der Waals surface area contributed by atoms with Crippen LogP contribution in [0.25, 0.3) is 21.8 Å². The Hall–Kier alpha value is -4.12. The maximum absolute atomic E-state index is 12.6. The van der Waals surface area contributed by atoms with Gasteiger partial charge in [0.1, 0.15) is 18.1 Å². The zero-order valence-electron chi connectivity index (χ0n) is 17.8. The van der Waals surface area contributed by atoms with Crippen molar-refractivity contribution in [1.82, 2.24) is 20.8 Å². The zero-order valence-corrected chi connectivity index (χ0v) is 17.8. The van der Waals surface area contributed by atoms with Gasteiger partial charge in [-0.15, -0.1) is 0 Å². The third kappa shape index (κ3) is 4.79. The molecule has 0 aliphatic rings. The third-order valence-electron chi connectivity index (χ3n) is 5.01. The minimum Gasteiger partial charge on any atom is -0.489 e. The molecule has 2 aromatic heterocycles. The van der Waals surface area contributed by atoms with E-state index in [9.17, 15) is 22.8 Å². The number of amides is 2. The largest absolute Gasteiger partial charge is 0.489 e. The van der Waals surface area contributed by atoms with Crippen molar-refractivity contribution >= 4 is 33.6 Å². The second-order valence-corrected chi connectivity index (χ2v) is 7.32. The Labute approximate surface area is 191 Å². The van der Waals surface area contributed by atoms with Crippen LogP contribution in [0.1, 0.15) is 21.6 Å². The molecule has 34 heavy (non-hydrogen) atoms. The molecule has 0 radical (unpaired) electrons. The summed E-state index contributed by atoms with van der Waals surface area (Å²) in [6, 6.07) is 15.0. The van der Waals surface area contributed by atoms with Gasteiger partial charge in [0.05, 0.1) is 18.3 Å². The maximum Gasteiger partial charge on any atom is 0.472 e. The van der Waals surface area contributed by atoms with E-state index >= 15 is 0 Å². The van der Waals surface area contributed by atoms with Gasteiger partial charge >= 0.3 is 12.1 Å². The van der Waals surface area contributed by atoms with E-state index in [1.54, 1.807) is 17.6 Å². The van der Waals surface area contributed by atoms with Crippen LogP contribution < -0.4 is 15.6 Å². The Morgan fingerprint density at radius 2 is 1.79 bits per heavy atom. The summed E-state index contributed by atoms with van der Waals surface area (Å²) in [7, 11) is 1.41. The minimum absolute atomic E-state index is 0.0532. The van der Waals surface area contributed by atoms with Crippen molar-refractivity contribution in [2.45, 2.75) is 19.4 Å². The number of methoxy groups -OCH3 is 1. The molecule has 0 aliphatic heterocycles. The van der Waals surface area contributed by atoms with Gasteiger partial charge in [-0.1, -0.05) is 30.3 Å². The van der Waals surface area contributed by atoms with Gasteiger partial charge in [0.25, 0.3) is 5.91 Å². The fraction of sp³-hybridized carbons (Fsp3) is 0.174. The Kier molecular flexibility index (Phi) is 6.37. The molecule has 0 bridgehead atoms. The Balaban J connectivity index is 1.69. The van der Waals surface area contributed by atoms with Crippen LogP contribution >= 0.6 is 0 Å². The predicted molar refractivity (Wildman–Crippen MR) is 117 cm³/mol. The number of aromatic amines is 1. The molecule has 2 aromatic carbocycles. The topological polar surface area (TPSA) is 105 Å². The first-order valence-electron chi connectivity index (χ1n) is 10.0. The lowest BCUT2D eigenvalue weighted by Crippen LogP contribution is -2.48. The number of hydrogen-bond acceptors (Lipinski definition) is 5. The Morgan fingerprint density at radius 3 is 2.50 bits per heavy atom. The van der Waals surface area contributed by atoms with E-state index in [-0.39, 0.29) is 12.3 Å². The molecular formula is C23H19F3N4O4. The molecule has 8 nitrogen and oxygen atoms in total. The van der Waals surface area contributed by atoms with Crippen LogP contribution in [0.4, 0.5) is 13.2 Å². The molecular weight excluding hydrogens is 453 g/mol. The van der Waals surface area contributed by atoms with E-state index in [2.05, 4.69) is 9.97 Å². The van der Waals surface area contributed by atoms with Crippen molar-refractivity contribution in [1.29, 1.82) is 0 Å². The zero-order chi connectivity index (χ0) is 24.3. The number of rotatable bonds is 6. The molecule has 4 rings (SSSR count). The molecule has 0 spiro atoms. The van der Waals surface area contributed by atoms with Gasteiger partial charge in [-0.25, -0.2) is 4.98 Å². The van der Waals surface area contributed by atoms with Crippen molar-refractivity contribution in [2.75, 3.05) is 7.11 Å². The quantitative estimate of drug-likeness (QED) is 0.371. The van der Waals surface area contributed by atoms with E-state index in [0.717, 1.165) is 11.1 Å². The average Bonchev–Trinajstić information content (AvgIpc) is 3.19. The minimum atomic E-state index is -5.15. The highest BCUT2D eigenvalue weighted by Crippen LogP contribution is 2.32. The summed E-state index contributed by atoms with van der Waals surface area (Å²) in [5, 5.41) is 1.31. The number of fused-ring (bicyclic) bond motifs is 3. The fourth-order valence-electron chi connectivity index (χ4n) is 3.49. The summed E-state index contributed by atoms with van der Waals surface area (Å²) in [5.74, 6) is -2.74. The third-order valence-corrected chi connectivity index (χ3v) is 5.01. The first-order chi connectivity index (χ1) is 16.3. The van der Waals surface area contributed by atoms with Gasteiger partial charge in [0.2, 0.25) is 0 Å². The van der Waals surface area contributed by atoms with E-state index in [1.807, 2.05) is 36.4 Å². The molecule has 0 saturated carbocycles. The van der Waals surface area contributed by atoms with Gasteiger partial charge in [0.15, 0.2) is 0 Å². The average molecular weight is 472 g/mol. The predicted octanol–water partition coefficient (Wildman–Crippen LogP) is 3.76. The van der Waals surface area contributed by atoms with E-state index in [1.165, 1.54) is 18.7 Å². The van der Waals surface area contributed by atoms with Crippen molar-refractivity contribution in [3.63, 3.8) is 0 Å². The lowest BCUT2D eigenvalue weighted by molar-refractivity contribution is -0.174. The lowest BCUT2D eigenvalue weighted by atomic mass is 10.1. The molecule has 0 unspecified atom stereocenters. The highest BCUT2D eigenvalue weighted by molar-refractivity contribution is 6.12. The summed E-state index contributed by atoms with van der Waals surface area (Å²) in [6.45, 7) is 0.302. The van der Waals surface area contributed by atoms with Crippen molar-refractivity contribution in [3.05, 3.63) is 71.5 Å². The Bertz CT molecular complexity index is 1350. The molecule has 0 aliphatic carbocycles. The Morgan fingerprint density at radius 1 is 1.03 bits per heavy atom. The lowest BCUT2D eigenvalue weighted by Gasteiger charge is -2.12. The number of hydrazine groups is 1. The van der Waals surface area contributed by atoms with Crippen molar-refractivity contribution in [3.8, 4) is 5.75 Å². The number of ether oxygens (including phenoxy) is 2. The van der Waals surface area contributed by atoms with Gasteiger partial charge in [-0.05, 0) is 23.8 Å².